The van der Waals surface area contributed by atoms with Crippen molar-refractivity contribution in [3.8, 4) is 11.5 Å². The largest absolute Gasteiger partial charge is 0.457 e. The summed E-state index contributed by atoms with van der Waals surface area (Å²) in [6.07, 6.45) is 8.08. The number of nitrogens with zero attached hydrogens (tertiary/aromatic N) is 7. The molecule has 1 saturated heterocycles. The average Bonchev–Trinajstić information content (AvgIpc) is 3.43. The summed E-state index contributed by atoms with van der Waals surface area (Å²) in [4.78, 5) is 31.7. The van der Waals surface area contributed by atoms with Gasteiger partial charge in [-0.1, -0.05) is 6.58 Å². The Morgan fingerprint density at radius 3 is 2.92 bits per heavy atom. The number of benzene rings is 1. The van der Waals surface area contributed by atoms with Crippen LogP contribution in [0.5, 0.6) is 11.5 Å². The molecular formula is C28H27N9O2. The third-order valence-corrected chi connectivity index (χ3v) is 6.66. The monoisotopic (exact) mass is 521 g/mol. The van der Waals surface area contributed by atoms with Gasteiger partial charge in [-0.3, -0.25) is 4.79 Å². The van der Waals surface area contributed by atoms with Crippen LogP contribution in [0.2, 0.25) is 0 Å². The number of likely N-dealkylation sites (tertiary alicyclic amines) is 1. The molecule has 1 fully saturated rings. The van der Waals surface area contributed by atoms with E-state index in [9.17, 15) is 4.79 Å². The molecule has 1 amide bonds. The Bertz CT molecular complexity index is 1680. The van der Waals surface area contributed by atoms with E-state index in [1.165, 1.54) is 18.7 Å². The molecule has 6 rings (SSSR count). The number of piperidine rings is 1. The lowest BCUT2D eigenvalue weighted by Crippen LogP contribution is -2.44. The number of hydrogen-bond acceptors (Lipinski definition) is 9. The summed E-state index contributed by atoms with van der Waals surface area (Å²) >= 11 is 0. The van der Waals surface area contributed by atoms with E-state index >= 15 is 0 Å². The average molecular weight is 522 g/mol. The van der Waals surface area contributed by atoms with Crippen LogP contribution in [0.3, 0.4) is 0 Å². The molecule has 1 aliphatic heterocycles. The van der Waals surface area contributed by atoms with Gasteiger partial charge in [-0.25, -0.2) is 24.5 Å². The minimum Gasteiger partial charge on any atom is -0.457 e. The summed E-state index contributed by atoms with van der Waals surface area (Å²) in [6.45, 7) is 6.95. The Morgan fingerprint density at radius 1 is 1.13 bits per heavy atom. The van der Waals surface area contributed by atoms with E-state index in [2.05, 4.69) is 37.3 Å². The van der Waals surface area contributed by atoms with Gasteiger partial charge in [0.2, 0.25) is 5.91 Å². The van der Waals surface area contributed by atoms with Gasteiger partial charge >= 0.3 is 0 Å². The lowest BCUT2D eigenvalue weighted by molar-refractivity contribution is -0.127. The molecule has 2 N–H and O–H groups in total. The van der Waals surface area contributed by atoms with Gasteiger partial charge in [-0.2, -0.15) is 5.10 Å². The molecule has 0 spiro atoms. The zero-order chi connectivity index (χ0) is 26.8. The number of aryl methyl sites for hydroxylation is 1. The van der Waals surface area contributed by atoms with Crippen LogP contribution in [0.1, 0.15) is 18.4 Å². The van der Waals surface area contributed by atoms with Crippen LogP contribution in [0.4, 0.5) is 17.3 Å². The Hall–Kier alpha value is -5.06. The Labute approximate surface area is 224 Å². The van der Waals surface area contributed by atoms with Gasteiger partial charge in [0.15, 0.2) is 11.5 Å². The molecule has 196 valence electrons. The number of ether oxygens (including phenoxy) is 1. The summed E-state index contributed by atoms with van der Waals surface area (Å²) in [6, 6.07) is 13.5. The lowest BCUT2D eigenvalue weighted by Gasteiger charge is -2.32. The highest BCUT2D eigenvalue weighted by atomic mass is 16.5. The zero-order valence-electron chi connectivity index (χ0n) is 21.4. The molecule has 1 atom stereocenters. The third kappa shape index (κ3) is 5.19. The number of aromatic nitrogens is 6. The smallest absolute Gasteiger partial charge is 0.246 e. The van der Waals surface area contributed by atoms with Gasteiger partial charge in [-0.15, -0.1) is 0 Å². The molecule has 11 heteroatoms. The van der Waals surface area contributed by atoms with Gasteiger partial charge in [0, 0.05) is 37.1 Å². The quantitative estimate of drug-likeness (QED) is 0.298. The van der Waals surface area contributed by atoms with Crippen LogP contribution >= 0.6 is 0 Å². The Kier molecular flexibility index (Phi) is 6.45. The molecule has 39 heavy (non-hydrogen) atoms. The van der Waals surface area contributed by atoms with Gasteiger partial charge in [-0.05, 0) is 67.8 Å². The standard InChI is InChI=1S/C28H27N9O2/c1-3-26(38)36-11-4-5-20(15-36)33-24-9-7-22-27(35-24)28(31-16-29-22)34-19-6-8-23(18(2)13-19)39-21-10-12-37-25(14-21)30-17-32-37/h3,6-10,12-14,16-17,20H,1,4-5,11,15H2,2H3,(H,33,35)(H,29,31,34). The number of amides is 1. The fourth-order valence-corrected chi connectivity index (χ4v) is 4.71. The lowest BCUT2D eigenvalue weighted by atomic mass is 10.1. The molecule has 1 aliphatic rings. The van der Waals surface area contributed by atoms with Crippen LogP contribution in [0, 0.1) is 6.92 Å². The van der Waals surface area contributed by atoms with E-state index in [4.69, 9.17) is 9.72 Å². The van der Waals surface area contributed by atoms with Crippen LogP contribution in [0.25, 0.3) is 16.7 Å². The first-order valence-corrected chi connectivity index (χ1v) is 12.7. The number of anilines is 3. The van der Waals surface area contributed by atoms with Crippen LogP contribution in [-0.4, -0.2) is 59.5 Å². The number of fused-ring (bicyclic) bond motifs is 2. The van der Waals surface area contributed by atoms with E-state index in [-0.39, 0.29) is 11.9 Å². The van der Waals surface area contributed by atoms with Crippen molar-refractivity contribution in [2.24, 2.45) is 0 Å². The number of pyridine rings is 2. The maximum atomic E-state index is 12.1. The second kappa shape index (κ2) is 10.4. The van der Waals surface area contributed by atoms with Crippen molar-refractivity contribution < 1.29 is 9.53 Å². The van der Waals surface area contributed by atoms with E-state index in [1.807, 2.05) is 60.5 Å². The molecule has 0 aliphatic carbocycles. The SMILES string of the molecule is C=CC(=O)N1CCCC(Nc2ccc3ncnc(Nc4ccc(Oc5ccn6ncnc6c5)c(C)c4)c3n2)C1. The fraction of sp³-hybridized carbons (Fsp3) is 0.214. The summed E-state index contributed by atoms with van der Waals surface area (Å²) in [5, 5.41) is 11.0. The van der Waals surface area contributed by atoms with Crippen molar-refractivity contribution in [2.45, 2.75) is 25.8 Å². The van der Waals surface area contributed by atoms with E-state index in [0.29, 0.717) is 35.1 Å². The number of hydrogen-bond donors (Lipinski definition) is 2. The molecule has 0 bridgehead atoms. The van der Waals surface area contributed by atoms with Crippen molar-refractivity contribution >= 4 is 39.9 Å². The first-order chi connectivity index (χ1) is 19.1. The van der Waals surface area contributed by atoms with Crippen LogP contribution < -0.4 is 15.4 Å². The van der Waals surface area contributed by atoms with E-state index < -0.39 is 0 Å². The molecule has 5 aromatic rings. The highest BCUT2D eigenvalue weighted by Gasteiger charge is 2.22. The van der Waals surface area contributed by atoms with Crippen molar-refractivity contribution in [2.75, 3.05) is 23.7 Å². The summed E-state index contributed by atoms with van der Waals surface area (Å²) in [7, 11) is 0. The number of carbonyl (C=O) groups is 1. The molecular weight excluding hydrogens is 494 g/mol. The molecule has 0 saturated carbocycles. The fourth-order valence-electron chi connectivity index (χ4n) is 4.71. The third-order valence-electron chi connectivity index (χ3n) is 6.66. The van der Waals surface area contributed by atoms with Gasteiger partial charge < -0.3 is 20.3 Å². The summed E-state index contributed by atoms with van der Waals surface area (Å²) in [5.41, 5.74) is 3.89. The number of carbonyl (C=O) groups excluding carboxylic acids is 1. The van der Waals surface area contributed by atoms with Crippen molar-refractivity contribution in [1.82, 2.24) is 34.4 Å². The molecule has 1 unspecified atom stereocenters. The minimum absolute atomic E-state index is 0.0454. The summed E-state index contributed by atoms with van der Waals surface area (Å²) in [5.74, 6) is 2.68. The van der Waals surface area contributed by atoms with Crippen molar-refractivity contribution in [1.29, 1.82) is 0 Å². The highest BCUT2D eigenvalue weighted by Crippen LogP contribution is 2.30. The van der Waals surface area contributed by atoms with E-state index in [1.54, 1.807) is 4.52 Å². The summed E-state index contributed by atoms with van der Waals surface area (Å²) < 4.78 is 7.78. The minimum atomic E-state index is -0.0454. The number of nitrogens with one attached hydrogen (secondary N) is 2. The van der Waals surface area contributed by atoms with Crippen LogP contribution in [-0.2, 0) is 4.79 Å². The normalized spacial score (nSPS) is 15.3. The topological polar surface area (TPSA) is 122 Å². The molecule has 5 heterocycles. The van der Waals surface area contributed by atoms with Crippen LogP contribution in [0.15, 0.2) is 74.0 Å². The van der Waals surface area contributed by atoms with Crippen molar-refractivity contribution in [3.05, 3.63) is 79.5 Å². The predicted molar refractivity (Wildman–Crippen MR) is 148 cm³/mol. The van der Waals surface area contributed by atoms with E-state index in [0.717, 1.165) is 41.9 Å². The molecule has 1 aromatic carbocycles. The maximum absolute atomic E-state index is 12.1. The molecule has 0 radical (unpaired) electrons. The second-order valence-corrected chi connectivity index (χ2v) is 9.39. The molecule has 11 nitrogen and oxygen atoms in total. The second-order valence-electron chi connectivity index (χ2n) is 9.39. The highest BCUT2D eigenvalue weighted by molar-refractivity contribution is 5.88. The Morgan fingerprint density at radius 2 is 2.05 bits per heavy atom. The number of rotatable bonds is 7. The molecule has 4 aromatic heterocycles. The van der Waals surface area contributed by atoms with Gasteiger partial charge in [0.1, 0.15) is 35.5 Å². The van der Waals surface area contributed by atoms with Crippen molar-refractivity contribution in [3.63, 3.8) is 0 Å². The first-order valence-electron chi connectivity index (χ1n) is 12.7. The Balaban J connectivity index is 1.19. The zero-order valence-corrected chi connectivity index (χ0v) is 21.4. The van der Waals surface area contributed by atoms with Gasteiger partial charge in [0.05, 0.1) is 5.52 Å². The predicted octanol–water partition coefficient (Wildman–Crippen LogP) is 4.50. The van der Waals surface area contributed by atoms with Gasteiger partial charge in [0.25, 0.3) is 0 Å². The first kappa shape index (κ1) is 24.3. The maximum Gasteiger partial charge on any atom is 0.246 e.